The van der Waals surface area contributed by atoms with Crippen LogP contribution in [0.5, 0.6) is 0 Å². The zero-order valence-corrected chi connectivity index (χ0v) is 12.3. The van der Waals surface area contributed by atoms with Crippen molar-refractivity contribution in [1.29, 1.82) is 0 Å². The molecule has 0 aliphatic heterocycles. The largest absolute Gasteiger partial charge is 0.481 e. The first kappa shape index (κ1) is 15.4. The van der Waals surface area contributed by atoms with E-state index in [1.54, 1.807) is 42.5 Å². The summed E-state index contributed by atoms with van der Waals surface area (Å²) in [5.41, 5.74) is 1.45. The van der Waals surface area contributed by atoms with Crippen molar-refractivity contribution < 1.29 is 14.7 Å². The second-order valence-corrected chi connectivity index (χ2v) is 5.11. The maximum absolute atomic E-state index is 12.1. The molecule has 0 saturated carbocycles. The third-order valence-electron chi connectivity index (χ3n) is 2.77. The van der Waals surface area contributed by atoms with Gasteiger partial charge in [0.05, 0.1) is 22.2 Å². The number of hydrogen-bond donors (Lipinski definition) is 2. The van der Waals surface area contributed by atoms with E-state index in [1.165, 1.54) is 0 Å². The zero-order chi connectivity index (χ0) is 15.4. The van der Waals surface area contributed by atoms with Gasteiger partial charge in [-0.3, -0.25) is 9.59 Å². The third-order valence-corrected chi connectivity index (χ3v) is 3.59. The molecule has 6 heteroatoms. The van der Waals surface area contributed by atoms with Crippen LogP contribution >= 0.6 is 23.2 Å². The highest BCUT2D eigenvalue weighted by Crippen LogP contribution is 2.29. The van der Waals surface area contributed by atoms with Gasteiger partial charge in [-0.15, -0.1) is 0 Å². The predicted octanol–water partition coefficient (Wildman–Crippen LogP) is 3.87. The number of aliphatic carboxylic acids is 1. The van der Waals surface area contributed by atoms with Gasteiger partial charge in [-0.2, -0.15) is 0 Å². The van der Waals surface area contributed by atoms with Crippen LogP contribution in [0.1, 0.15) is 15.9 Å². The van der Waals surface area contributed by atoms with Gasteiger partial charge in [-0.1, -0.05) is 41.4 Å². The lowest BCUT2D eigenvalue weighted by molar-refractivity contribution is -0.136. The van der Waals surface area contributed by atoms with Crippen LogP contribution in [0.15, 0.2) is 42.5 Å². The lowest BCUT2D eigenvalue weighted by Crippen LogP contribution is -2.12. The zero-order valence-electron chi connectivity index (χ0n) is 10.8. The van der Waals surface area contributed by atoms with Crippen LogP contribution in [0, 0.1) is 0 Å². The number of halogens is 2. The standard InChI is InChI=1S/C15H11Cl2NO3/c16-11-2-1-3-12(14(11)17)18-15(21)10-6-4-9(5-7-10)8-13(19)20/h1-7H,8H2,(H,18,21)(H,19,20). The fraction of sp³-hybridized carbons (Fsp3) is 0.0667. The molecule has 2 rings (SSSR count). The van der Waals surface area contributed by atoms with Crippen molar-refractivity contribution in [1.82, 2.24) is 0 Å². The SMILES string of the molecule is O=C(O)Cc1ccc(C(=O)Nc2cccc(Cl)c2Cl)cc1. The first-order valence-electron chi connectivity index (χ1n) is 6.03. The Hall–Kier alpha value is -2.04. The van der Waals surface area contributed by atoms with E-state index in [4.69, 9.17) is 28.3 Å². The summed E-state index contributed by atoms with van der Waals surface area (Å²) >= 11 is 11.9. The van der Waals surface area contributed by atoms with Crippen molar-refractivity contribution in [2.24, 2.45) is 0 Å². The molecule has 21 heavy (non-hydrogen) atoms. The normalized spacial score (nSPS) is 10.2. The summed E-state index contributed by atoms with van der Waals surface area (Å²) in [6.45, 7) is 0. The average molecular weight is 324 g/mol. The van der Waals surface area contributed by atoms with E-state index < -0.39 is 5.97 Å². The van der Waals surface area contributed by atoms with Crippen LogP contribution in [0.25, 0.3) is 0 Å². The molecule has 108 valence electrons. The molecule has 0 unspecified atom stereocenters. The number of amides is 1. The summed E-state index contributed by atoms with van der Waals surface area (Å²) in [6, 6.07) is 11.3. The topological polar surface area (TPSA) is 66.4 Å². The minimum Gasteiger partial charge on any atom is -0.481 e. The number of nitrogens with one attached hydrogen (secondary N) is 1. The maximum atomic E-state index is 12.1. The molecule has 0 aromatic heterocycles. The van der Waals surface area contributed by atoms with Crippen molar-refractivity contribution >= 4 is 40.8 Å². The van der Waals surface area contributed by atoms with Crippen LogP contribution in [0.3, 0.4) is 0 Å². The fourth-order valence-corrected chi connectivity index (χ4v) is 2.09. The minimum atomic E-state index is -0.919. The number of anilines is 1. The molecule has 0 bridgehead atoms. The van der Waals surface area contributed by atoms with Crippen LogP contribution < -0.4 is 5.32 Å². The summed E-state index contributed by atoms with van der Waals surface area (Å²) in [6.07, 6.45) is -0.0813. The molecule has 0 aliphatic rings. The van der Waals surface area contributed by atoms with E-state index in [2.05, 4.69) is 5.32 Å². The molecule has 4 nitrogen and oxygen atoms in total. The van der Waals surface area contributed by atoms with Crippen LogP contribution in [0.2, 0.25) is 10.0 Å². The first-order chi connectivity index (χ1) is 9.97. The molecular formula is C15H11Cl2NO3. The Morgan fingerprint density at radius 1 is 1.05 bits per heavy atom. The molecule has 0 spiro atoms. The highest BCUT2D eigenvalue weighted by atomic mass is 35.5. The number of benzene rings is 2. The van der Waals surface area contributed by atoms with E-state index in [0.717, 1.165) is 0 Å². The average Bonchev–Trinajstić information content (AvgIpc) is 2.44. The molecule has 0 fully saturated rings. The lowest BCUT2D eigenvalue weighted by atomic mass is 10.1. The van der Waals surface area contributed by atoms with E-state index >= 15 is 0 Å². The number of carboxylic acid groups (broad SMARTS) is 1. The Morgan fingerprint density at radius 3 is 2.33 bits per heavy atom. The van der Waals surface area contributed by atoms with Gasteiger partial charge in [0.2, 0.25) is 0 Å². The molecule has 2 N–H and O–H groups in total. The van der Waals surface area contributed by atoms with Gasteiger partial charge in [0.25, 0.3) is 5.91 Å². The first-order valence-corrected chi connectivity index (χ1v) is 6.79. The minimum absolute atomic E-state index is 0.0813. The number of hydrogen-bond acceptors (Lipinski definition) is 2. The second-order valence-electron chi connectivity index (χ2n) is 4.32. The fourth-order valence-electron chi connectivity index (χ4n) is 1.74. The number of carbonyl (C=O) groups is 2. The van der Waals surface area contributed by atoms with E-state index in [1.807, 2.05) is 0 Å². The van der Waals surface area contributed by atoms with Crippen molar-refractivity contribution in [3.05, 3.63) is 63.6 Å². The Balaban J connectivity index is 2.13. The van der Waals surface area contributed by atoms with Gasteiger partial charge < -0.3 is 10.4 Å². The van der Waals surface area contributed by atoms with Gasteiger partial charge in [0.1, 0.15) is 0 Å². The molecule has 0 saturated heterocycles. The van der Waals surface area contributed by atoms with Gasteiger partial charge >= 0.3 is 5.97 Å². The highest BCUT2D eigenvalue weighted by molar-refractivity contribution is 6.44. The second kappa shape index (κ2) is 6.61. The van der Waals surface area contributed by atoms with Gasteiger partial charge in [-0.05, 0) is 29.8 Å². The Bertz CT molecular complexity index is 684. The van der Waals surface area contributed by atoms with Gasteiger partial charge in [-0.25, -0.2) is 0 Å². The van der Waals surface area contributed by atoms with E-state index in [9.17, 15) is 9.59 Å². The number of rotatable bonds is 4. The number of carbonyl (C=O) groups excluding carboxylic acids is 1. The molecular weight excluding hydrogens is 313 g/mol. The third kappa shape index (κ3) is 3.97. The van der Waals surface area contributed by atoms with Crippen molar-refractivity contribution in [3.8, 4) is 0 Å². The Labute approximate surface area is 131 Å². The van der Waals surface area contributed by atoms with Gasteiger partial charge in [0.15, 0.2) is 0 Å². The summed E-state index contributed by atoms with van der Waals surface area (Å²) in [7, 11) is 0. The van der Waals surface area contributed by atoms with E-state index in [0.29, 0.717) is 21.8 Å². The van der Waals surface area contributed by atoms with Crippen LogP contribution in [0.4, 0.5) is 5.69 Å². The molecule has 1 amide bonds. The van der Waals surface area contributed by atoms with Crippen LogP contribution in [-0.4, -0.2) is 17.0 Å². The molecule has 0 aliphatic carbocycles. The summed E-state index contributed by atoms with van der Waals surface area (Å²) in [5, 5.41) is 12.0. The molecule has 0 heterocycles. The monoisotopic (exact) mass is 323 g/mol. The summed E-state index contributed by atoms with van der Waals surface area (Å²) < 4.78 is 0. The summed E-state index contributed by atoms with van der Waals surface area (Å²) in [4.78, 5) is 22.7. The Morgan fingerprint density at radius 2 is 1.71 bits per heavy atom. The number of carboxylic acids is 1. The van der Waals surface area contributed by atoms with E-state index in [-0.39, 0.29) is 17.4 Å². The van der Waals surface area contributed by atoms with Crippen LogP contribution in [-0.2, 0) is 11.2 Å². The van der Waals surface area contributed by atoms with Crippen molar-refractivity contribution in [2.75, 3.05) is 5.32 Å². The van der Waals surface area contributed by atoms with Gasteiger partial charge in [0, 0.05) is 5.56 Å². The van der Waals surface area contributed by atoms with Crippen molar-refractivity contribution in [3.63, 3.8) is 0 Å². The quantitative estimate of drug-likeness (QED) is 0.897. The van der Waals surface area contributed by atoms with Crippen molar-refractivity contribution in [2.45, 2.75) is 6.42 Å². The molecule has 0 radical (unpaired) electrons. The Kier molecular flexibility index (Phi) is 4.83. The smallest absolute Gasteiger partial charge is 0.307 e. The highest BCUT2D eigenvalue weighted by Gasteiger charge is 2.10. The molecule has 0 atom stereocenters. The predicted molar refractivity (Wildman–Crippen MR) is 82.2 cm³/mol. The summed E-state index contributed by atoms with van der Waals surface area (Å²) in [5.74, 6) is -1.26. The molecule has 2 aromatic rings. The molecule has 2 aromatic carbocycles. The lowest BCUT2D eigenvalue weighted by Gasteiger charge is -2.08. The maximum Gasteiger partial charge on any atom is 0.307 e.